The second-order valence-corrected chi connectivity index (χ2v) is 4.68. The largest absolute Gasteiger partial charge is 0.493 e. The molecule has 3 N–H and O–H groups in total. The second kappa shape index (κ2) is 7.54. The first-order valence-corrected chi connectivity index (χ1v) is 6.36. The van der Waals surface area contributed by atoms with E-state index < -0.39 is 0 Å². The third-order valence-corrected chi connectivity index (χ3v) is 2.88. The summed E-state index contributed by atoms with van der Waals surface area (Å²) in [5.74, 6) is 0.863. The standard InChI is InChI=1S/C13H20ClNO2/c1-10-8-12(4-5-13(10)14)17-7-3-6-15-9-11(2)16/h4-5,8,11,15-16H,3,6-7,9H2,1-2H3/p+1/t11-/m0/s1. The minimum Gasteiger partial charge on any atom is -0.493 e. The Morgan fingerprint density at radius 2 is 2.24 bits per heavy atom. The Balaban J connectivity index is 2.16. The molecular formula is C13H21ClNO2+. The molecule has 0 spiro atoms. The fraction of sp³-hybridized carbons (Fsp3) is 0.538. The van der Waals surface area contributed by atoms with E-state index in [0.29, 0.717) is 6.61 Å². The van der Waals surface area contributed by atoms with Gasteiger partial charge in [0.05, 0.1) is 19.3 Å². The number of hydrogen-bond donors (Lipinski definition) is 2. The lowest BCUT2D eigenvalue weighted by Gasteiger charge is -2.07. The molecule has 17 heavy (non-hydrogen) atoms. The van der Waals surface area contributed by atoms with Gasteiger partial charge in [0.25, 0.3) is 0 Å². The normalized spacial score (nSPS) is 12.5. The van der Waals surface area contributed by atoms with Gasteiger partial charge in [0.1, 0.15) is 12.3 Å². The summed E-state index contributed by atoms with van der Waals surface area (Å²) in [6, 6.07) is 5.68. The number of aliphatic hydroxyl groups is 1. The average molecular weight is 259 g/mol. The highest BCUT2D eigenvalue weighted by atomic mass is 35.5. The third kappa shape index (κ3) is 5.91. The summed E-state index contributed by atoms with van der Waals surface area (Å²) >= 11 is 5.93. The monoisotopic (exact) mass is 258 g/mol. The summed E-state index contributed by atoms with van der Waals surface area (Å²) in [4.78, 5) is 0. The van der Waals surface area contributed by atoms with E-state index in [1.54, 1.807) is 6.92 Å². The van der Waals surface area contributed by atoms with E-state index in [2.05, 4.69) is 5.32 Å². The van der Waals surface area contributed by atoms with E-state index in [0.717, 1.165) is 35.8 Å². The van der Waals surface area contributed by atoms with Crippen molar-refractivity contribution in [2.24, 2.45) is 0 Å². The maximum atomic E-state index is 9.07. The molecule has 0 amide bonds. The van der Waals surface area contributed by atoms with Crippen LogP contribution in [0.5, 0.6) is 5.75 Å². The first-order valence-electron chi connectivity index (χ1n) is 5.98. The fourth-order valence-electron chi connectivity index (χ4n) is 1.48. The number of ether oxygens (including phenoxy) is 1. The number of benzene rings is 1. The number of quaternary nitrogens is 1. The van der Waals surface area contributed by atoms with E-state index in [4.69, 9.17) is 21.4 Å². The lowest BCUT2D eigenvalue weighted by molar-refractivity contribution is -0.660. The Hall–Kier alpha value is -0.770. The van der Waals surface area contributed by atoms with Crippen molar-refractivity contribution in [1.82, 2.24) is 0 Å². The van der Waals surface area contributed by atoms with Gasteiger partial charge >= 0.3 is 0 Å². The zero-order valence-corrected chi connectivity index (χ0v) is 11.2. The molecule has 0 aliphatic carbocycles. The zero-order chi connectivity index (χ0) is 12.7. The van der Waals surface area contributed by atoms with Crippen LogP contribution in [0.3, 0.4) is 0 Å². The molecule has 0 aromatic heterocycles. The summed E-state index contributed by atoms with van der Waals surface area (Å²) in [5.41, 5.74) is 1.03. The molecular weight excluding hydrogens is 238 g/mol. The highest BCUT2D eigenvalue weighted by Crippen LogP contribution is 2.20. The lowest BCUT2D eigenvalue weighted by atomic mass is 10.2. The Morgan fingerprint density at radius 1 is 1.47 bits per heavy atom. The van der Waals surface area contributed by atoms with Gasteiger partial charge in [-0.1, -0.05) is 11.6 Å². The Morgan fingerprint density at radius 3 is 2.88 bits per heavy atom. The number of hydrogen-bond acceptors (Lipinski definition) is 2. The molecule has 4 heteroatoms. The SMILES string of the molecule is Cc1cc(OCCC[NH2+]C[C@H](C)O)ccc1Cl. The zero-order valence-electron chi connectivity index (χ0n) is 10.4. The van der Waals surface area contributed by atoms with E-state index in [-0.39, 0.29) is 6.10 Å². The minimum atomic E-state index is -0.241. The molecule has 1 aromatic carbocycles. The molecule has 0 heterocycles. The van der Waals surface area contributed by atoms with E-state index in [1.165, 1.54) is 0 Å². The molecule has 0 fully saturated rings. The highest BCUT2D eigenvalue weighted by Gasteiger charge is 2.00. The van der Waals surface area contributed by atoms with Gasteiger partial charge in [0.2, 0.25) is 0 Å². The van der Waals surface area contributed by atoms with E-state index in [9.17, 15) is 0 Å². The number of rotatable bonds is 7. The van der Waals surface area contributed by atoms with Crippen molar-refractivity contribution in [2.45, 2.75) is 26.4 Å². The predicted octanol–water partition coefficient (Wildman–Crippen LogP) is 1.36. The van der Waals surface area contributed by atoms with Gasteiger partial charge in [-0.2, -0.15) is 0 Å². The summed E-state index contributed by atoms with van der Waals surface area (Å²) in [5, 5.41) is 11.9. The summed E-state index contributed by atoms with van der Waals surface area (Å²) in [6.45, 7) is 6.17. The van der Waals surface area contributed by atoms with Crippen molar-refractivity contribution in [2.75, 3.05) is 19.7 Å². The Labute approximate surface area is 108 Å². The van der Waals surface area contributed by atoms with Gasteiger partial charge in [-0.3, -0.25) is 0 Å². The summed E-state index contributed by atoms with van der Waals surface area (Å²) in [7, 11) is 0. The maximum Gasteiger partial charge on any atom is 0.119 e. The molecule has 96 valence electrons. The summed E-state index contributed by atoms with van der Waals surface area (Å²) in [6.07, 6.45) is 0.726. The van der Waals surface area contributed by atoms with Gasteiger partial charge in [-0.15, -0.1) is 0 Å². The van der Waals surface area contributed by atoms with Crippen molar-refractivity contribution in [3.63, 3.8) is 0 Å². The number of aryl methyl sites for hydroxylation is 1. The summed E-state index contributed by atoms with van der Waals surface area (Å²) < 4.78 is 5.61. The quantitative estimate of drug-likeness (QED) is 0.726. The van der Waals surface area contributed by atoms with Crippen molar-refractivity contribution in [3.05, 3.63) is 28.8 Å². The molecule has 0 radical (unpaired) electrons. The van der Waals surface area contributed by atoms with Crippen LogP contribution in [-0.2, 0) is 0 Å². The van der Waals surface area contributed by atoms with Crippen LogP contribution < -0.4 is 10.1 Å². The van der Waals surface area contributed by atoms with Crippen LogP contribution in [-0.4, -0.2) is 30.9 Å². The lowest BCUT2D eigenvalue weighted by Crippen LogP contribution is -2.86. The van der Waals surface area contributed by atoms with Crippen molar-refractivity contribution < 1.29 is 15.2 Å². The van der Waals surface area contributed by atoms with Crippen LogP contribution in [0.15, 0.2) is 18.2 Å². The molecule has 1 atom stereocenters. The molecule has 0 unspecified atom stereocenters. The first kappa shape index (κ1) is 14.3. The maximum absolute atomic E-state index is 9.07. The van der Waals surface area contributed by atoms with Crippen molar-refractivity contribution in [3.8, 4) is 5.75 Å². The van der Waals surface area contributed by atoms with Gasteiger partial charge < -0.3 is 15.2 Å². The van der Waals surface area contributed by atoms with Crippen molar-refractivity contribution >= 4 is 11.6 Å². The van der Waals surface area contributed by atoms with Gasteiger partial charge in [-0.05, 0) is 37.6 Å². The van der Waals surface area contributed by atoms with Gasteiger partial charge in [-0.25, -0.2) is 0 Å². The molecule has 0 saturated heterocycles. The van der Waals surface area contributed by atoms with E-state index >= 15 is 0 Å². The molecule has 0 bridgehead atoms. The Bertz CT molecular complexity index is 342. The van der Waals surface area contributed by atoms with E-state index in [1.807, 2.05) is 25.1 Å². The van der Waals surface area contributed by atoms with Gasteiger partial charge in [0, 0.05) is 11.4 Å². The first-order chi connectivity index (χ1) is 8.09. The Kier molecular flexibility index (Phi) is 6.34. The molecule has 0 aliphatic heterocycles. The molecule has 1 aromatic rings. The predicted molar refractivity (Wildman–Crippen MR) is 69.6 cm³/mol. The fourth-order valence-corrected chi connectivity index (χ4v) is 1.60. The van der Waals surface area contributed by atoms with Gasteiger partial charge in [0.15, 0.2) is 0 Å². The minimum absolute atomic E-state index is 0.241. The molecule has 3 nitrogen and oxygen atoms in total. The number of aliphatic hydroxyl groups excluding tert-OH is 1. The molecule has 0 saturated carbocycles. The van der Waals surface area contributed by atoms with Crippen LogP contribution in [0.4, 0.5) is 0 Å². The third-order valence-electron chi connectivity index (χ3n) is 2.46. The van der Waals surface area contributed by atoms with Crippen LogP contribution in [0.1, 0.15) is 18.9 Å². The number of nitrogens with two attached hydrogens (primary N) is 1. The van der Waals surface area contributed by atoms with Crippen LogP contribution >= 0.6 is 11.6 Å². The highest BCUT2D eigenvalue weighted by molar-refractivity contribution is 6.31. The smallest absolute Gasteiger partial charge is 0.119 e. The van der Waals surface area contributed by atoms with Crippen molar-refractivity contribution in [1.29, 1.82) is 0 Å². The van der Waals surface area contributed by atoms with Crippen LogP contribution in [0.25, 0.3) is 0 Å². The van der Waals surface area contributed by atoms with Crippen LogP contribution in [0, 0.1) is 6.92 Å². The second-order valence-electron chi connectivity index (χ2n) is 4.28. The number of halogens is 1. The topological polar surface area (TPSA) is 46.1 Å². The molecule has 1 rings (SSSR count). The molecule has 0 aliphatic rings. The average Bonchev–Trinajstić information content (AvgIpc) is 2.27. The van der Waals surface area contributed by atoms with Crippen LogP contribution in [0.2, 0.25) is 5.02 Å².